The van der Waals surface area contributed by atoms with Gasteiger partial charge in [-0.1, -0.05) is 67.6 Å². The Kier molecular flexibility index (Phi) is 7.73. The molecule has 0 fully saturated rings. The van der Waals surface area contributed by atoms with Crippen LogP contribution in [-0.4, -0.2) is 24.6 Å². The lowest BCUT2D eigenvalue weighted by atomic mass is 10.0. The molecule has 0 aliphatic rings. The second-order valence-electron chi connectivity index (χ2n) is 7.56. The van der Waals surface area contributed by atoms with Gasteiger partial charge in [-0.3, -0.25) is 10.1 Å². The molecule has 4 rings (SSSR count). The van der Waals surface area contributed by atoms with Crippen molar-refractivity contribution < 1.29 is 14.3 Å². The third-order valence-corrected chi connectivity index (χ3v) is 5.86. The standard InChI is InChI=1S/C28H26N2O3S/c1-3-17-33-25-15-9-20(18-26(25)32-2)10-16-27(31)30-28-29-24(19-34-28)23-13-11-22(12-14-23)21-7-5-4-6-8-21/h4-16,18-19H,3,17H2,1-2H3,(H,29,30,31). The molecule has 0 radical (unpaired) electrons. The van der Waals surface area contributed by atoms with Crippen molar-refractivity contribution in [2.75, 3.05) is 19.0 Å². The van der Waals surface area contributed by atoms with Crippen LogP contribution in [0, 0.1) is 0 Å². The molecule has 0 aliphatic heterocycles. The summed E-state index contributed by atoms with van der Waals surface area (Å²) in [4.78, 5) is 17.0. The molecule has 3 aromatic carbocycles. The van der Waals surface area contributed by atoms with E-state index in [1.165, 1.54) is 23.0 Å². The predicted molar refractivity (Wildman–Crippen MR) is 139 cm³/mol. The third-order valence-electron chi connectivity index (χ3n) is 5.10. The number of amides is 1. The van der Waals surface area contributed by atoms with Crippen LogP contribution in [0.1, 0.15) is 18.9 Å². The van der Waals surface area contributed by atoms with Gasteiger partial charge in [-0.25, -0.2) is 4.98 Å². The van der Waals surface area contributed by atoms with Crippen molar-refractivity contribution in [3.05, 3.63) is 89.8 Å². The first kappa shape index (κ1) is 23.3. The quantitative estimate of drug-likeness (QED) is 0.270. The Morgan fingerprint density at radius 1 is 0.971 bits per heavy atom. The topological polar surface area (TPSA) is 60.5 Å². The van der Waals surface area contributed by atoms with E-state index >= 15 is 0 Å². The number of anilines is 1. The van der Waals surface area contributed by atoms with Crippen molar-refractivity contribution >= 4 is 28.5 Å². The summed E-state index contributed by atoms with van der Waals surface area (Å²) in [7, 11) is 1.60. The van der Waals surface area contributed by atoms with Crippen LogP contribution >= 0.6 is 11.3 Å². The molecule has 6 heteroatoms. The number of nitrogens with one attached hydrogen (secondary N) is 1. The zero-order chi connectivity index (χ0) is 23.8. The van der Waals surface area contributed by atoms with Gasteiger partial charge in [0.15, 0.2) is 16.6 Å². The van der Waals surface area contributed by atoms with Crippen LogP contribution in [0.4, 0.5) is 5.13 Å². The molecule has 0 saturated heterocycles. The van der Waals surface area contributed by atoms with E-state index in [-0.39, 0.29) is 5.91 Å². The number of hydrogen-bond acceptors (Lipinski definition) is 5. The van der Waals surface area contributed by atoms with Crippen LogP contribution in [-0.2, 0) is 4.79 Å². The van der Waals surface area contributed by atoms with Crippen LogP contribution in [0.3, 0.4) is 0 Å². The molecule has 172 valence electrons. The fourth-order valence-electron chi connectivity index (χ4n) is 3.37. The maximum Gasteiger partial charge on any atom is 0.250 e. The van der Waals surface area contributed by atoms with Crippen LogP contribution in [0.5, 0.6) is 11.5 Å². The average molecular weight is 471 g/mol. The zero-order valence-corrected chi connectivity index (χ0v) is 20.0. The summed E-state index contributed by atoms with van der Waals surface area (Å²) < 4.78 is 11.1. The molecule has 0 aliphatic carbocycles. The third kappa shape index (κ3) is 5.91. The minimum atomic E-state index is -0.245. The Morgan fingerprint density at radius 3 is 2.44 bits per heavy atom. The maximum atomic E-state index is 12.4. The monoisotopic (exact) mass is 470 g/mol. The highest BCUT2D eigenvalue weighted by Gasteiger charge is 2.08. The molecule has 0 unspecified atom stereocenters. The molecule has 0 saturated carbocycles. The van der Waals surface area contributed by atoms with Gasteiger partial charge in [0.05, 0.1) is 19.4 Å². The Bertz CT molecular complexity index is 1260. The minimum absolute atomic E-state index is 0.245. The zero-order valence-electron chi connectivity index (χ0n) is 19.2. The van der Waals surface area contributed by atoms with Gasteiger partial charge in [0, 0.05) is 17.0 Å². The molecule has 34 heavy (non-hydrogen) atoms. The molecule has 1 aromatic heterocycles. The fraction of sp³-hybridized carbons (Fsp3) is 0.143. The summed E-state index contributed by atoms with van der Waals surface area (Å²) in [6.45, 7) is 2.68. The van der Waals surface area contributed by atoms with E-state index in [0.29, 0.717) is 23.2 Å². The van der Waals surface area contributed by atoms with Crippen LogP contribution in [0.2, 0.25) is 0 Å². The summed E-state index contributed by atoms with van der Waals surface area (Å²) >= 11 is 1.40. The van der Waals surface area contributed by atoms with Gasteiger partial charge in [-0.2, -0.15) is 0 Å². The number of methoxy groups -OCH3 is 1. The van der Waals surface area contributed by atoms with Crippen LogP contribution in [0.15, 0.2) is 84.3 Å². The molecule has 0 bridgehead atoms. The second-order valence-corrected chi connectivity index (χ2v) is 8.42. The van der Waals surface area contributed by atoms with Crippen LogP contribution < -0.4 is 14.8 Å². The van der Waals surface area contributed by atoms with Crippen molar-refractivity contribution in [2.45, 2.75) is 13.3 Å². The summed E-state index contributed by atoms with van der Waals surface area (Å²) in [5.74, 6) is 1.09. The van der Waals surface area contributed by atoms with Crippen molar-refractivity contribution in [1.82, 2.24) is 4.98 Å². The largest absolute Gasteiger partial charge is 0.493 e. The van der Waals surface area contributed by atoms with Crippen molar-refractivity contribution in [3.8, 4) is 33.9 Å². The van der Waals surface area contributed by atoms with Gasteiger partial charge in [-0.05, 0) is 41.3 Å². The van der Waals surface area contributed by atoms with E-state index in [4.69, 9.17) is 9.47 Å². The number of aromatic nitrogens is 1. The molecular weight excluding hydrogens is 444 g/mol. The van der Waals surface area contributed by atoms with Crippen molar-refractivity contribution in [2.24, 2.45) is 0 Å². The van der Waals surface area contributed by atoms with Crippen molar-refractivity contribution in [3.63, 3.8) is 0 Å². The molecule has 5 nitrogen and oxygen atoms in total. The van der Waals surface area contributed by atoms with E-state index in [0.717, 1.165) is 28.8 Å². The molecule has 1 N–H and O–H groups in total. The number of benzene rings is 3. The van der Waals surface area contributed by atoms with Gasteiger partial charge in [0.25, 0.3) is 0 Å². The first-order valence-corrected chi connectivity index (χ1v) is 12.0. The van der Waals surface area contributed by atoms with Gasteiger partial charge in [-0.15, -0.1) is 11.3 Å². The fourth-order valence-corrected chi connectivity index (χ4v) is 4.09. The normalized spacial score (nSPS) is 10.9. The second kappa shape index (κ2) is 11.3. The average Bonchev–Trinajstić information content (AvgIpc) is 3.35. The summed E-state index contributed by atoms with van der Waals surface area (Å²) in [5, 5.41) is 5.33. The van der Waals surface area contributed by atoms with E-state index in [9.17, 15) is 4.79 Å². The number of thiazole rings is 1. The molecule has 1 amide bonds. The number of hydrogen-bond donors (Lipinski definition) is 1. The van der Waals surface area contributed by atoms with Gasteiger partial charge < -0.3 is 9.47 Å². The molecular formula is C28H26N2O3S. The highest BCUT2D eigenvalue weighted by atomic mass is 32.1. The van der Waals surface area contributed by atoms with E-state index in [1.807, 2.05) is 53.9 Å². The Morgan fingerprint density at radius 2 is 1.71 bits per heavy atom. The van der Waals surface area contributed by atoms with Gasteiger partial charge in [0.2, 0.25) is 5.91 Å². The number of nitrogens with zero attached hydrogens (tertiary/aromatic N) is 1. The molecule has 0 atom stereocenters. The molecule has 0 spiro atoms. The number of carbonyl (C=O) groups excluding carboxylic acids is 1. The maximum absolute atomic E-state index is 12.4. The number of carbonyl (C=O) groups is 1. The first-order chi connectivity index (χ1) is 16.7. The molecule has 4 aromatic rings. The Balaban J connectivity index is 1.38. The minimum Gasteiger partial charge on any atom is -0.493 e. The Labute approximate surface area is 203 Å². The predicted octanol–water partition coefficient (Wildman–Crippen LogP) is 6.93. The lowest BCUT2D eigenvalue weighted by Crippen LogP contribution is -2.07. The van der Waals surface area contributed by atoms with Crippen molar-refractivity contribution in [1.29, 1.82) is 0 Å². The lowest BCUT2D eigenvalue weighted by molar-refractivity contribution is -0.111. The highest BCUT2D eigenvalue weighted by Crippen LogP contribution is 2.29. The SMILES string of the molecule is CCCOc1ccc(C=CC(=O)Nc2nc(-c3ccc(-c4ccccc4)cc3)cs2)cc1OC. The molecule has 1 heterocycles. The van der Waals surface area contributed by atoms with E-state index in [1.54, 1.807) is 13.2 Å². The van der Waals surface area contributed by atoms with E-state index < -0.39 is 0 Å². The highest BCUT2D eigenvalue weighted by molar-refractivity contribution is 7.14. The first-order valence-electron chi connectivity index (χ1n) is 11.1. The van der Waals surface area contributed by atoms with E-state index in [2.05, 4.69) is 41.5 Å². The number of ether oxygens (including phenoxy) is 2. The van der Waals surface area contributed by atoms with Crippen LogP contribution in [0.25, 0.3) is 28.5 Å². The van der Waals surface area contributed by atoms with Gasteiger partial charge >= 0.3 is 0 Å². The van der Waals surface area contributed by atoms with Gasteiger partial charge in [0.1, 0.15) is 0 Å². The summed E-state index contributed by atoms with van der Waals surface area (Å²) in [6.07, 6.45) is 4.14. The summed E-state index contributed by atoms with van der Waals surface area (Å²) in [6, 6.07) is 24.1. The Hall–Kier alpha value is -3.90. The lowest BCUT2D eigenvalue weighted by Gasteiger charge is -2.10. The summed E-state index contributed by atoms with van der Waals surface area (Å²) in [5.41, 5.74) is 5.00. The smallest absolute Gasteiger partial charge is 0.250 e. The number of rotatable bonds is 9.